The van der Waals surface area contributed by atoms with E-state index in [0.29, 0.717) is 12.3 Å². The number of hydrogen-bond acceptors (Lipinski definition) is 4. The molecule has 114 valence electrons. The van der Waals surface area contributed by atoms with Gasteiger partial charge < -0.3 is 4.42 Å². The summed E-state index contributed by atoms with van der Waals surface area (Å²) in [4.78, 5) is 42.0. The highest BCUT2D eigenvalue weighted by Gasteiger charge is 2.23. The van der Waals surface area contributed by atoms with Crippen molar-refractivity contribution in [1.29, 1.82) is 0 Å². The summed E-state index contributed by atoms with van der Waals surface area (Å²) in [6.45, 7) is 4.06. The van der Waals surface area contributed by atoms with Crippen LogP contribution in [-0.2, 0) is 13.1 Å². The van der Waals surface area contributed by atoms with Crippen LogP contribution in [0.4, 0.5) is 0 Å². The highest BCUT2D eigenvalue weighted by atomic mass is 16.3. The third-order valence-corrected chi connectivity index (χ3v) is 3.55. The van der Waals surface area contributed by atoms with E-state index in [1.54, 1.807) is 26.0 Å². The Bertz CT molecular complexity index is 1010. The van der Waals surface area contributed by atoms with Gasteiger partial charge in [0.15, 0.2) is 16.8 Å². The van der Waals surface area contributed by atoms with Crippen molar-refractivity contribution in [3.8, 4) is 11.5 Å². The van der Waals surface area contributed by atoms with Gasteiger partial charge in [-0.25, -0.2) is 28.7 Å². The molecule has 8 heteroatoms. The first kappa shape index (κ1) is 14.1. The lowest BCUT2D eigenvalue weighted by Gasteiger charge is -2.07. The maximum absolute atomic E-state index is 12.6. The summed E-state index contributed by atoms with van der Waals surface area (Å²) < 4.78 is 7.79. The lowest BCUT2D eigenvalue weighted by molar-refractivity contribution is -0.374. The van der Waals surface area contributed by atoms with Crippen molar-refractivity contribution in [2.75, 3.05) is 0 Å². The van der Waals surface area contributed by atoms with Gasteiger partial charge in [0.25, 0.3) is 5.56 Å². The van der Waals surface area contributed by atoms with Crippen molar-refractivity contribution >= 4 is 11.0 Å². The van der Waals surface area contributed by atoms with Gasteiger partial charge in [0.2, 0.25) is 5.65 Å². The Morgan fingerprint density at radius 1 is 1.18 bits per heavy atom. The number of H-pyrrole nitrogens is 2. The number of rotatable bonds is 3. The van der Waals surface area contributed by atoms with E-state index in [1.165, 1.54) is 10.8 Å². The van der Waals surface area contributed by atoms with Crippen LogP contribution in [0.25, 0.3) is 22.5 Å². The molecule has 0 aromatic carbocycles. The molecule has 0 unspecified atom stereocenters. The second-order valence-electron chi connectivity index (χ2n) is 4.73. The highest BCUT2D eigenvalue weighted by molar-refractivity contribution is 5.86. The third kappa shape index (κ3) is 1.92. The third-order valence-electron chi connectivity index (χ3n) is 3.55. The minimum Gasteiger partial charge on any atom is -0.461 e. The highest BCUT2D eigenvalue weighted by Crippen LogP contribution is 2.20. The molecule has 0 spiro atoms. The number of fused-ring (bicyclic) bond motifs is 1. The molecule has 0 aliphatic carbocycles. The van der Waals surface area contributed by atoms with Crippen LogP contribution in [0.1, 0.15) is 13.8 Å². The molecule has 0 bridgehead atoms. The summed E-state index contributed by atoms with van der Waals surface area (Å²) in [5.74, 6) is 0.358. The summed E-state index contributed by atoms with van der Waals surface area (Å²) in [6, 6.07) is 3.30. The SMILES string of the molecule is CCn1c(=O)c2c(-c3ccco3)[nH]c(=O)[nH+]c2n(CC)c1=O. The van der Waals surface area contributed by atoms with Gasteiger partial charge >= 0.3 is 11.4 Å². The molecule has 8 nitrogen and oxygen atoms in total. The van der Waals surface area contributed by atoms with E-state index in [2.05, 4.69) is 9.97 Å². The minimum absolute atomic E-state index is 0.192. The zero-order valence-electron chi connectivity index (χ0n) is 12.2. The summed E-state index contributed by atoms with van der Waals surface area (Å²) in [5, 5.41) is 0.220. The van der Waals surface area contributed by atoms with Gasteiger partial charge in [0.1, 0.15) is 0 Å². The zero-order valence-corrected chi connectivity index (χ0v) is 12.2. The average Bonchev–Trinajstić information content (AvgIpc) is 3.01. The van der Waals surface area contributed by atoms with Gasteiger partial charge in [-0.15, -0.1) is 0 Å². The first-order valence-corrected chi connectivity index (χ1v) is 6.95. The molecule has 0 fully saturated rings. The second-order valence-corrected chi connectivity index (χ2v) is 4.73. The van der Waals surface area contributed by atoms with Crippen LogP contribution in [-0.4, -0.2) is 14.1 Å². The summed E-state index contributed by atoms with van der Waals surface area (Å²) in [6.07, 6.45) is 1.45. The van der Waals surface area contributed by atoms with Gasteiger partial charge in [0, 0.05) is 6.54 Å². The van der Waals surface area contributed by atoms with Crippen LogP contribution in [0, 0.1) is 0 Å². The normalized spacial score (nSPS) is 11.2. The van der Waals surface area contributed by atoms with Crippen molar-refractivity contribution in [3.63, 3.8) is 0 Å². The number of furan rings is 1. The fraction of sp³-hybridized carbons (Fsp3) is 0.286. The molecule has 3 aromatic heterocycles. The van der Waals surface area contributed by atoms with Gasteiger partial charge in [-0.05, 0) is 26.0 Å². The number of nitrogens with zero attached hydrogens (tertiary/aromatic N) is 2. The largest absolute Gasteiger partial charge is 0.461 e. The summed E-state index contributed by atoms with van der Waals surface area (Å²) in [5.41, 5.74) is -0.981. The van der Waals surface area contributed by atoms with Gasteiger partial charge in [-0.1, -0.05) is 0 Å². The van der Waals surface area contributed by atoms with E-state index >= 15 is 0 Å². The zero-order chi connectivity index (χ0) is 15.9. The van der Waals surface area contributed by atoms with Crippen LogP contribution in [0.5, 0.6) is 0 Å². The van der Waals surface area contributed by atoms with E-state index in [0.717, 1.165) is 4.57 Å². The standard InChI is InChI=1S/C14H14N4O4/c1-3-17-11-9(12(19)18(4-2)14(17)21)10(15-13(20)16-11)8-6-5-7-22-8/h5-7H,3-4H2,1-2H3,(H,15,16,20)/p+1. The lowest BCUT2D eigenvalue weighted by atomic mass is 10.2. The fourth-order valence-electron chi connectivity index (χ4n) is 2.55. The molecule has 0 saturated carbocycles. The van der Waals surface area contributed by atoms with E-state index in [9.17, 15) is 14.4 Å². The first-order valence-electron chi connectivity index (χ1n) is 6.95. The quantitative estimate of drug-likeness (QED) is 0.733. The molecule has 3 rings (SSSR count). The number of hydrogen-bond donors (Lipinski definition) is 1. The van der Waals surface area contributed by atoms with Gasteiger partial charge in [-0.2, -0.15) is 0 Å². The van der Waals surface area contributed by atoms with Crippen molar-refractivity contribution in [2.24, 2.45) is 0 Å². The van der Waals surface area contributed by atoms with Gasteiger partial charge in [-0.3, -0.25) is 4.79 Å². The maximum atomic E-state index is 12.6. The Morgan fingerprint density at radius 3 is 2.50 bits per heavy atom. The lowest BCUT2D eigenvalue weighted by Crippen LogP contribution is -2.45. The van der Waals surface area contributed by atoms with Crippen molar-refractivity contribution in [1.82, 2.24) is 14.1 Å². The molecule has 0 radical (unpaired) electrons. The van der Waals surface area contributed by atoms with Crippen molar-refractivity contribution in [2.45, 2.75) is 26.9 Å². The number of nitrogens with one attached hydrogen (secondary N) is 2. The molecule has 3 aromatic rings. The van der Waals surface area contributed by atoms with Crippen LogP contribution in [0.15, 0.2) is 37.2 Å². The molecule has 3 heterocycles. The Morgan fingerprint density at radius 2 is 1.91 bits per heavy atom. The molecule has 2 N–H and O–H groups in total. The van der Waals surface area contributed by atoms with Crippen LogP contribution in [0.3, 0.4) is 0 Å². The van der Waals surface area contributed by atoms with E-state index in [1.807, 2.05) is 0 Å². The topological polar surface area (TPSA) is 104 Å². The Hall–Kier alpha value is -2.90. The molecular formula is C14H15N4O4+. The summed E-state index contributed by atoms with van der Waals surface area (Å²) in [7, 11) is 0. The van der Waals surface area contributed by atoms with Crippen molar-refractivity contribution < 1.29 is 9.40 Å². The number of aromatic amines is 2. The second kappa shape index (κ2) is 5.14. The van der Waals surface area contributed by atoms with E-state index < -0.39 is 16.9 Å². The first-order chi connectivity index (χ1) is 10.6. The fourth-order valence-corrected chi connectivity index (χ4v) is 2.55. The Balaban J connectivity index is 2.62. The maximum Gasteiger partial charge on any atom is 0.439 e. The predicted octanol–water partition coefficient (Wildman–Crippen LogP) is -0.0346. The molecule has 0 amide bonds. The van der Waals surface area contributed by atoms with Crippen LogP contribution >= 0.6 is 0 Å². The summed E-state index contributed by atoms with van der Waals surface area (Å²) >= 11 is 0. The Kier molecular flexibility index (Phi) is 3.28. The molecule has 0 aliphatic heterocycles. The monoisotopic (exact) mass is 303 g/mol. The van der Waals surface area contributed by atoms with Crippen molar-refractivity contribution in [3.05, 3.63) is 49.7 Å². The van der Waals surface area contributed by atoms with Crippen LogP contribution in [0.2, 0.25) is 0 Å². The van der Waals surface area contributed by atoms with E-state index in [4.69, 9.17) is 4.42 Å². The van der Waals surface area contributed by atoms with E-state index in [-0.39, 0.29) is 23.3 Å². The molecular weight excluding hydrogens is 288 g/mol. The molecule has 22 heavy (non-hydrogen) atoms. The average molecular weight is 303 g/mol. The number of aryl methyl sites for hydroxylation is 1. The predicted molar refractivity (Wildman–Crippen MR) is 78.7 cm³/mol. The number of aromatic nitrogens is 4. The van der Waals surface area contributed by atoms with Gasteiger partial charge in [0.05, 0.1) is 12.8 Å². The smallest absolute Gasteiger partial charge is 0.439 e. The van der Waals surface area contributed by atoms with Crippen LogP contribution < -0.4 is 21.9 Å². The Labute approximate surface area is 123 Å². The minimum atomic E-state index is -0.519. The molecule has 0 atom stereocenters. The molecule has 0 aliphatic rings. The molecule has 0 saturated heterocycles.